The molecule has 0 bridgehead atoms. The molecule has 0 aromatic heterocycles. The second kappa shape index (κ2) is 4.99. The molecule has 1 aromatic rings. The first-order chi connectivity index (χ1) is 7.41. The number of halogens is 1. The fourth-order valence-corrected chi connectivity index (χ4v) is 1.26. The number of anilines is 1. The highest BCUT2D eigenvalue weighted by molar-refractivity contribution is 6.31. The number of carboxylic acids is 1. The third kappa shape index (κ3) is 2.97. The highest BCUT2D eigenvalue weighted by atomic mass is 35.5. The maximum atomic E-state index is 11.5. The molecule has 0 unspecified atom stereocenters. The summed E-state index contributed by atoms with van der Waals surface area (Å²) in [4.78, 5) is 22.3. The van der Waals surface area contributed by atoms with Gasteiger partial charge < -0.3 is 10.4 Å². The Morgan fingerprint density at radius 3 is 2.50 bits per heavy atom. The van der Waals surface area contributed by atoms with Crippen molar-refractivity contribution in [2.75, 3.05) is 5.32 Å². The molecule has 1 amide bonds. The molecule has 4 nitrogen and oxygen atoms in total. The third-order valence-corrected chi connectivity index (χ3v) is 2.23. The standard InChI is InChI=1S/C11H12ClNO3/c1-6(2)10(14)13-9-5-7(12)3-4-8(9)11(15)16/h3-6H,1-2H3,(H,13,14)(H,15,16). The van der Waals surface area contributed by atoms with Gasteiger partial charge in [-0.05, 0) is 18.2 Å². The molecule has 16 heavy (non-hydrogen) atoms. The Kier molecular flexibility index (Phi) is 3.90. The molecular formula is C11H12ClNO3. The van der Waals surface area contributed by atoms with Crippen molar-refractivity contribution < 1.29 is 14.7 Å². The number of benzene rings is 1. The summed E-state index contributed by atoms with van der Waals surface area (Å²) in [5, 5.41) is 11.8. The molecule has 0 aliphatic heterocycles. The molecule has 1 rings (SSSR count). The molecule has 2 N–H and O–H groups in total. The van der Waals surface area contributed by atoms with E-state index >= 15 is 0 Å². The van der Waals surface area contributed by atoms with Crippen molar-refractivity contribution in [1.29, 1.82) is 0 Å². The third-order valence-electron chi connectivity index (χ3n) is 1.99. The largest absolute Gasteiger partial charge is 0.478 e. The molecule has 5 heteroatoms. The summed E-state index contributed by atoms with van der Waals surface area (Å²) in [5.74, 6) is -1.57. The molecule has 0 atom stereocenters. The van der Waals surface area contributed by atoms with E-state index in [1.54, 1.807) is 13.8 Å². The zero-order chi connectivity index (χ0) is 12.3. The van der Waals surface area contributed by atoms with Gasteiger partial charge in [-0.15, -0.1) is 0 Å². The summed E-state index contributed by atoms with van der Waals surface area (Å²) in [5.41, 5.74) is 0.247. The van der Waals surface area contributed by atoms with Gasteiger partial charge in [-0.1, -0.05) is 25.4 Å². The first-order valence-electron chi connectivity index (χ1n) is 4.75. The van der Waals surface area contributed by atoms with E-state index in [1.807, 2.05) is 0 Å². The van der Waals surface area contributed by atoms with Gasteiger partial charge in [-0.2, -0.15) is 0 Å². The van der Waals surface area contributed by atoms with E-state index in [4.69, 9.17) is 16.7 Å². The van der Waals surface area contributed by atoms with Crippen LogP contribution in [-0.4, -0.2) is 17.0 Å². The summed E-state index contributed by atoms with van der Waals surface area (Å²) in [7, 11) is 0. The summed E-state index contributed by atoms with van der Waals surface area (Å²) >= 11 is 5.74. The first-order valence-corrected chi connectivity index (χ1v) is 5.13. The van der Waals surface area contributed by atoms with Gasteiger partial charge in [0, 0.05) is 10.9 Å². The maximum absolute atomic E-state index is 11.5. The van der Waals surface area contributed by atoms with Gasteiger partial charge in [0.25, 0.3) is 0 Å². The summed E-state index contributed by atoms with van der Waals surface area (Å²) in [6, 6.07) is 4.25. The van der Waals surface area contributed by atoms with Crippen LogP contribution in [-0.2, 0) is 4.79 Å². The van der Waals surface area contributed by atoms with E-state index < -0.39 is 5.97 Å². The summed E-state index contributed by atoms with van der Waals surface area (Å²) < 4.78 is 0. The van der Waals surface area contributed by atoms with E-state index in [0.29, 0.717) is 5.02 Å². The summed E-state index contributed by atoms with van der Waals surface area (Å²) in [6.45, 7) is 3.45. The first kappa shape index (κ1) is 12.5. The SMILES string of the molecule is CC(C)C(=O)Nc1cc(Cl)ccc1C(=O)O. The van der Waals surface area contributed by atoms with Gasteiger partial charge in [0.05, 0.1) is 11.3 Å². The zero-order valence-corrected chi connectivity index (χ0v) is 9.71. The van der Waals surface area contributed by atoms with Crippen molar-refractivity contribution in [2.24, 2.45) is 5.92 Å². The smallest absolute Gasteiger partial charge is 0.337 e. The second-order valence-corrected chi connectivity index (χ2v) is 4.08. The van der Waals surface area contributed by atoms with Crippen molar-refractivity contribution >= 4 is 29.2 Å². The van der Waals surface area contributed by atoms with Crippen LogP contribution in [0.4, 0.5) is 5.69 Å². The number of carbonyl (C=O) groups excluding carboxylic acids is 1. The molecule has 0 heterocycles. The van der Waals surface area contributed by atoms with Crippen LogP contribution in [0.3, 0.4) is 0 Å². The maximum Gasteiger partial charge on any atom is 0.337 e. The Bertz CT molecular complexity index is 429. The number of aromatic carboxylic acids is 1. The number of hydrogen-bond acceptors (Lipinski definition) is 2. The number of amides is 1. The Labute approximate surface area is 98.2 Å². The minimum Gasteiger partial charge on any atom is -0.478 e. The molecule has 0 aliphatic carbocycles. The summed E-state index contributed by atoms with van der Waals surface area (Å²) in [6.07, 6.45) is 0. The van der Waals surface area contributed by atoms with Gasteiger partial charge in [0.1, 0.15) is 0 Å². The van der Waals surface area contributed by atoms with Crippen LogP contribution in [0.2, 0.25) is 5.02 Å². The molecule has 0 aliphatic rings. The van der Waals surface area contributed by atoms with Crippen molar-refractivity contribution in [2.45, 2.75) is 13.8 Å². The number of hydrogen-bond donors (Lipinski definition) is 2. The van der Waals surface area contributed by atoms with Gasteiger partial charge in [0.15, 0.2) is 0 Å². The monoisotopic (exact) mass is 241 g/mol. The number of rotatable bonds is 3. The predicted molar refractivity (Wildman–Crippen MR) is 61.9 cm³/mol. The molecule has 0 fully saturated rings. The van der Waals surface area contributed by atoms with Crippen LogP contribution in [0.1, 0.15) is 24.2 Å². The molecule has 1 aromatic carbocycles. The Hall–Kier alpha value is -1.55. The zero-order valence-electron chi connectivity index (χ0n) is 8.95. The van der Waals surface area contributed by atoms with E-state index in [-0.39, 0.29) is 23.1 Å². The number of nitrogens with one attached hydrogen (secondary N) is 1. The topological polar surface area (TPSA) is 66.4 Å². The Morgan fingerprint density at radius 2 is 2.00 bits per heavy atom. The van der Waals surface area contributed by atoms with Gasteiger partial charge in [-0.3, -0.25) is 4.79 Å². The Balaban J connectivity index is 3.06. The quantitative estimate of drug-likeness (QED) is 0.855. The van der Waals surface area contributed by atoms with E-state index in [9.17, 15) is 9.59 Å². The van der Waals surface area contributed by atoms with E-state index in [0.717, 1.165) is 0 Å². The minimum absolute atomic E-state index is 0.0263. The fraction of sp³-hybridized carbons (Fsp3) is 0.273. The van der Waals surface area contributed by atoms with Gasteiger partial charge in [0.2, 0.25) is 5.91 Å². The van der Waals surface area contributed by atoms with Gasteiger partial charge >= 0.3 is 5.97 Å². The lowest BCUT2D eigenvalue weighted by Gasteiger charge is -2.10. The van der Waals surface area contributed by atoms with Crippen LogP contribution < -0.4 is 5.32 Å². The lowest BCUT2D eigenvalue weighted by atomic mass is 10.1. The van der Waals surface area contributed by atoms with Crippen LogP contribution in [0.5, 0.6) is 0 Å². The molecule has 0 spiro atoms. The predicted octanol–water partition coefficient (Wildman–Crippen LogP) is 2.63. The van der Waals surface area contributed by atoms with Crippen LogP contribution in [0.15, 0.2) is 18.2 Å². The Morgan fingerprint density at radius 1 is 1.38 bits per heavy atom. The van der Waals surface area contributed by atoms with Crippen molar-refractivity contribution in [1.82, 2.24) is 0 Å². The molecule has 86 valence electrons. The van der Waals surface area contributed by atoms with E-state index in [1.165, 1.54) is 18.2 Å². The normalized spacial score (nSPS) is 10.2. The molecule has 0 radical (unpaired) electrons. The fourth-order valence-electron chi connectivity index (χ4n) is 1.08. The van der Waals surface area contributed by atoms with Crippen LogP contribution in [0.25, 0.3) is 0 Å². The van der Waals surface area contributed by atoms with Gasteiger partial charge in [-0.25, -0.2) is 4.79 Å². The molecule has 0 saturated carbocycles. The lowest BCUT2D eigenvalue weighted by molar-refractivity contribution is -0.118. The molecule has 0 saturated heterocycles. The van der Waals surface area contributed by atoms with Crippen molar-refractivity contribution in [3.05, 3.63) is 28.8 Å². The van der Waals surface area contributed by atoms with Crippen LogP contribution >= 0.6 is 11.6 Å². The van der Waals surface area contributed by atoms with Crippen molar-refractivity contribution in [3.8, 4) is 0 Å². The van der Waals surface area contributed by atoms with E-state index in [2.05, 4.69) is 5.32 Å². The number of carbonyl (C=O) groups is 2. The van der Waals surface area contributed by atoms with Crippen LogP contribution in [0, 0.1) is 5.92 Å². The second-order valence-electron chi connectivity index (χ2n) is 3.64. The highest BCUT2D eigenvalue weighted by Crippen LogP contribution is 2.21. The lowest BCUT2D eigenvalue weighted by Crippen LogP contribution is -2.19. The average Bonchev–Trinajstić information content (AvgIpc) is 2.16. The molecular weight excluding hydrogens is 230 g/mol. The van der Waals surface area contributed by atoms with Crippen molar-refractivity contribution in [3.63, 3.8) is 0 Å². The number of carboxylic acid groups (broad SMARTS) is 1. The average molecular weight is 242 g/mol. The minimum atomic E-state index is -1.10. The highest BCUT2D eigenvalue weighted by Gasteiger charge is 2.14.